The molecule has 4 nitrogen and oxygen atoms in total. The number of nitrogen functional groups attached to an aromatic ring is 1. The van der Waals surface area contributed by atoms with Crippen LogP contribution in [0.15, 0.2) is 24.5 Å². The molecule has 4 heteroatoms. The summed E-state index contributed by atoms with van der Waals surface area (Å²) >= 11 is 0. The zero-order chi connectivity index (χ0) is 11.7. The van der Waals surface area contributed by atoms with Crippen LogP contribution in [0.25, 0.3) is 5.65 Å². The summed E-state index contributed by atoms with van der Waals surface area (Å²) in [6.45, 7) is 2.29. The second-order valence-corrected chi connectivity index (χ2v) is 4.88. The van der Waals surface area contributed by atoms with Crippen LogP contribution < -0.4 is 11.1 Å². The summed E-state index contributed by atoms with van der Waals surface area (Å²) in [5.74, 6) is 0.728. The van der Waals surface area contributed by atoms with Crippen molar-refractivity contribution < 1.29 is 0 Å². The molecule has 3 rings (SSSR count). The van der Waals surface area contributed by atoms with Crippen molar-refractivity contribution in [2.75, 3.05) is 18.8 Å². The van der Waals surface area contributed by atoms with Crippen LogP contribution in [0.5, 0.6) is 0 Å². The fourth-order valence-electron chi connectivity index (χ4n) is 2.55. The number of anilines is 1. The molecule has 0 amide bonds. The van der Waals surface area contributed by atoms with Crippen molar-refractivity contribution >= 4 is 11.3 Å². The molecule has 0 radical (unpaired) electrons. The summed E-state index contributed by atoms with van der Waals surface area (Å²) in [5.41, 5.74) is 8.69. The van der Waals surface area contributed by atoms with Crippen LogP contribution in [0.2, 0.25) is 0 Å². The second-order valence-electron chi connectivity index (χ2n) is 4.88. The number of imidazole rings is 1. The number of aromatic nitrogens is 2. The second kappa shape index (κ2) is 4.37. The van der Waals surface area contributed by atoms with Crippen LogP contribution in [0.1, 0.15) is 18.5 Å². The van der Waals surface area contributed by atoms with Gasteiger partial charge in [-0.1, -0.05) is 0 Å². The predicted octanol–water partition coefficient (Wildman–Crippen LogP) is 1.46. The van der Waals surface area contributed by atoms with Crippen LogP contribution in [0.3, 0.4) is 0 Å². The van der Waals surface area contributed by atoms with Crippen molar-refractivity contribution in [3.8, 4) is 0 Å². The van der Waals surface area contributed by atoms with Gasteiger partial charge in [-0.05, 0) is 50.4 Å². The molecule has 1 saturated heterocycles. The van der Waals surface area contributed by atoms with E-state index in [-0.39, 0.29) is 0 Å². The highest BCUT2D eigenvalue weighted by Gasteiger charge is 2.15. The first-order chi connectivity index (χ1) is 8.31. The van der Waals surface area contributed by atoms with Gasteiger partial charge in [0.2, 0.25) is 0 Å². The first-order valence-electron chi connectivity index (χ1n) is 6.25. The predicted molar refractivity (Wildman–Crippen MR) is 68.9 cm³/mol. The number of piperidine rings is 1. The van der Waals surface area contributed by atoms with Crippen LogP contribution in [0.4, 0.5) is 5.69 Å². The number of hydrogen-bond acceptors (Lipinski definition) is 3. The van der Waals surface area contributed by atoms with Gasteiger partial charge in [-0.15, -0.1) is 0 Å². The summed E-state index contributed by atoms with van der Waals surface area (Å²) in [6.07, 6.45) is 7.67. The Balaban J connectivity index is 1.80. The molecule has 90 valence electrons. The Hall–Kier alpha value is -1.55. The monoisotopic (exact) mass is 230 g/mol. The number of fused-ring (bicyclic) bond motifs is 1. The topological polar surface area (TPSA) is 55.3 Å². The van der Waals surface area contributed by atoms with Gasteiger partial charge in [-0.3, -0.25) is 0 Å². The summed E-state index contributed by atoms with van der Waals surface area (Å²) in [5, 5.41) is 3.44. The molecular weight excluding hydrogens is 212 g/mol. The van der Waals surface area contributed by atoms with E-state index in [1.54, 1.807) is 0 Å². The number of pyridine rings is 1. The smallest absolute Gasteiger partial charge is 0.137 e. The normalized spacial score (nSPS) is 20.8. The molecule has 1 aliphatic heterocycles. The van der Waals surface area contributed by atoms with Gasteiger partial charge in [0.1, 0.15) is 5.65 Å². The molecule has 0 saturated carbocycles. The standard InChI is InChI=1S/C13H18N4/c14-11-3-4-13-16-12(9-17(13)8-11)6-10-2-1-5-15-7-10/h3-4,8-10,15H,1-2,5-7,14H2. The van der Waals surface area contributed by atoms with Gasteiger partial charge in [0, 0.05) is 18.1 Å². The zero-order valence-electron chi connectivity index (χ0n) is 9.89. The van der Waals surface area contributed by atoms with Gasteiger partial charge in [0.05, 0.1) is 5.69 Å². The number of hydrogen-bond donors (Lipinski definition) is 2. The Kier molecular flexibility index (Phi) is 2.73. The lowest BCUT2D eigenvalue weighted by atomic mass is 9.95. The van der Waals surface area contributed by atoms with Gasteiger partial charge in [0.15, 0.2) is 0 Å². The van der Waals surface area contributed by atoms with E-state index in [0.29, 0.717) is 0 Å². The van der Waals surface area contributed by atoms with E-state index in [4.69, 9.17) is 5.73 Å². The van der Waals surface area contributed by atoms with E-state index in [9.17, 15) is 0 Å². The van der Waals surface area contributed by atoms with Crippen LogP contribution in [-0.4, -0.2) is 22.5 Å². The highest BCUT2D eigenvalue weighted by molar-refractivity contribution is 5.48. The van der Waals surface area contributed by atoms with Crippen LogP contribution in [-0.2, 0) is 6.42 Å². The molecule has 0 aliphatic carbocycles. The quantitative estimate of drug-likeness (QED) is 0.821. The van der Waals surface area contributed by atoms with Crippen molar-refractivity contribution in [1.29, 1.82) is 0 Å². The van der Waals surface area contributed by atoms with Crippen LogP contribution in [0, 0.1) is 5.92 Å². The third-order valence-electron chi connectivity index (χ3n) is 3.42. The fraction of sp³-hybridized carbons (Fsp3) is 0.462. The van der Waals surface area contributed by atoms with E-state index in [1.165, 1.54) is 18.5 Å². The van der Waals surface area contributed by atoms with Crippen molar-refractivity contribution in [3.63, 3.8) is 0 Å². The molecule has 0 bridgehead atoms. The van der Waals surface area contributed by atoms with Crippen LogP contribution >= 0.6 is 0 Å². The lowest BCUT2D eigenvalue weighted by molar-refractivity contribution is 0.374. The van der Waals surface area contributed by atoms with Gasteiger partial charge in [0.25, 0.3) is 0 Å². The molecular formula is C13H18N4. The van der Waals surface area contributed by atoms with E-state index >= 15 is 0 Å². The molecule has 1 aliphatic rings. The molecule has 2 aromatic heterocycles. The molecule has 1 unspecified atom stereocenters. The fourth-order valence-corrected chi connectivity index (χ4v) is 2.55. The highest BCUT2D eigenvalue weighted by atomic mass is 15.0. The summed E-state index contributed by atoms with van der Waals surface area (Å²) in [4.78, 5) is 4.63. The molecule has 2 aromatic rings. The van der Waals surface area contributed by atoms with Crippen molar-refractivity contribution in [2.45, 2.75) is 19.3 Å². The van der Waals surface area contributed by atoms with Crippen molar-refractivity contribution in [1.82, 2.24) is 14.7 Å². The lowest BCUT2D eigenvalue weighted by Gasteiger charge is -2.21. The van der Waals surface area contributed by atoms with E-state index in [0.717, 1.165) is 36.8 Å². The van der Waals surface area contributed by atoms with E-state index < -0.39 is 0 Å². The summed E-state index contributed by atoms with van der Waals surface area (Å²) in [7, 11) is 0. The molecule has 1 fully saturated rings. The number of nitrogens with one attached hydrogen (secondary N) is 1. The Labute approximate surface area is 101 Å². The highest BCUT2D eigenvalue weighted by Crippen LogP contribution is 2.17. The molecule has 3 N–H and O–H groups in total. The molecule has 17 heavy (non-hydrogen) atoms. The molecule has 0 aromatic carbocycles. The largest absolute Gasteiger partial charge is 0.398 e. The van der Waals surface area contributed by atoms with Gasteiger partial charge < -0.3 is 15.5 Å². The first kappa shape index (κ1) is 10.6. The van der Waals surface area contributed by atoms with E-state index in [1.807, 2.05) is 22.7 Å². The minimum Gasteiger partial charge on any atom is -0.398 e. The maximum atomic E-state index is 5.76. The Bertz CT molecular complexity index is 511. The average Bonchev–Trinajstić information content (AvgIpc) is 2.71. The minimum absolute atomic E-state index is 0.728. The summed E-state index contributed by atoms with van der Waals surface area (Å²) in [6, 6.07) is 3.87. The number of nitrogens with two attached hydrogens (primary N) is 1. The molecule has 1 atom stereocenters. The maximum Gasteiger partial charge on any atom is 0.137 e. The lowest BCUT2D eigenvalue weighted by Crippen LogP contribution is -2.30. The van der Waals surface area contributed by atoms with Crippen molar-refractivity contribution in [3.05, 3.63) is 30.2 Å². The van der Waals surface area contributed by atoms with Gasteiger partial charge >= 0.3 is 0 Å². The summed E-state index contributed by atoms with van der Waals surface area (Å²) < 4.78 is 2.01. The average molecular weight is 230 g/mol. The maximum absolute atomic E-state index is 5.76. The van der Waals surface area contributed by atoms with Gasteiger partial charge in [-0.2, -0.15) is 0 Å². The third kappa shape index (κ3) is 2.26. The Morgan fingerprint density at radius 1 is 1.41 bits per heavy atom. The zero-order valence-corrected chi connectivity index (χ0v) is 9.89. The third-order valence-corrected chi connectivity index (χ3v) is 3.42. The molecule has 0 spiro atoms. The van der Waals surface area contributed by atoms with Gasteiger partial charge in [-0.25, -0.2) is 4.98 Å². The Morgan fingerprint density at radius 2 is 2.35 bits per heavy atom. The number of rotatable bonds is 2. The van der Waals surface area contributed by atoms with Crippen molar-refractivity contribution in [2.24, 2.45) is 5.92 Å². The van der Waals surface area contributed by atoms with E-state index in [2.05, 4.69) is 16.5 Å². The minimum atomic E-state index is 0.728. The number of nitrogens with zero attached hydrogens (tertiary/aromatic N) is 2. The first-order valence-corrected chi connectivity index (χ1v) is 6.25. The SMILES string of the molecule is Nc1ccc2nc(CC3CCCNC3)cn2c1. The molecule has 3 heterocycles. The Morgan fingerprint density at radius 3 is 3.18 bits per heavy atom.